The van der Waals surface area contributed by atoms with Gasteiger partial charge in [0, 0.05) is 18.0 Å². The van der Waals surface area contributed by atoms with E-state index in [2.05, 4.69) is 20.3 Å². The molecule has 0 aliphatic carbocycles. The first kappa shape index (κ1) is 13.4. The summed E-state index contributed by atoms with van der Waals surface area (Å²) in [5, 5.41) is 17.1. The molecule has 0 bridgehead atoms. The zero-order valence-corrected chi connectivity index (χ0v) is 11.1. The number of rotatable bonds is 4. The van der Waals surface area contributed by atoms with Gasteiger partial charge in [-0.3, -0.25) is 0 Å². The van der Waals surface area contributed by atoms with Crippen LogP contribution in [0.25, 0.3) is 11.3 Å². The lowest BCUT2D eigenvalue weighted by Gasteiger charge is -2.15. The highest BCUT2D eigenvalue weighted by Gasteiger charge is 2.25. The molecular weight excluding hydrogens is 270 g/mol. The summed E-state index contributed by atoms with van der Waals surface area (Å²) in [4.78, 5) is 18.9. The van der Waals surface area contributed by atoms with Gasteiger partial charge in [-0.2, -0.15) is 0 Å². The van der Waals surface area contributed by atoms with E-state index in [9.17, 15) is 9.90 Å². The highest BCUT2D eigenvalue weighted by atomic mass is 35.5. The highest BCUT2D eigenvalue weighted by molar-refractivity contribution is 6.28. The van der Waals surface area contributed by atoms with Crippen LogP contribution in [0.1, 0.15) is 19.9 Å². The molecule has 0 unspecified atom stereocenters. The van der Waals surface area contributed by atoms with Gasteiger partial charge < -0.3 is 5.11 Å². The molecule has 0 amide bonds. The maximum atomic E-state index is 11.2. The fourth-order valence-electron chi connectivity index (χ4n) is 1.69. The quantitative estimate of drug-likeness (QED) is 0.857. The van der Waals surface area contributed by atoms with Crippen molar-refractivity contribution in [1.29, 1.82) is 0 Å². The van der Waals surface area contributed by atoms with Gasteiger partial charge in [0.2, 0.25) is 5.28 Å². The Balaban J connectivity index is 2.32. The maximum absolute atomic E-state index is 11.2. The molecule has 0 aliphatic heterocycles. The molecule has 0 aliphatic rings. The minimum Gasteiger partial charge on any atom is -0.480 e. The number of aromatic nitrogens is 5. The Morgan fingerprint density at radius 1 is 1.37 bits per heavy atom. The minimum absolute atomic E-state index is 0.103. The van der Waals surface area contributed by atoms with Crippen molar-refractivity contribution >= 4 is 17.6 Å². The Morgan fingerprint density at radius 3 is 2.53 bits per heavy atom. The van der Waals surface area contributed by atoms with Crippen molar-refractivity contribution in [1.82, 2.24) is 25.0 Å². The number of hydrogen-bond donors (Lipinski definition) is 1. The standard InChI is InChI=1S/C11H12ClN5O2/c1-6(2)9(10(18)19)17-5-8(15-16-17)7-3-13-11(12)14-4-7/h3-6,9H,1-2H3,(H,18,19)/t9-/m0/s1. The Kier molecular flexibility index (Phi) is 3.75. The topological polar surface area (TPSA) is 93.8 Å². The van der Waals surface area contributed by atoms with Crippen molar-refractivity contribution < 1.29 is 9.90 Å². The third-order valence-corrected chi connectivity index (χ3v) is 2.79. The fourth-order valence-corrected chi connectivity index (χ4v) is 1.79. The Labute approximate surface area is 114 Å². The van der Waals surface area contributed by atoms with Crippen LogP contribution in [0, 0.1) is 5.92 Å². The Bertz CT molecular complexity index is 581. The molecule has 100 valence electrons. The molecule has 8 heteroatoms. The number of aliphatic carboxylic acids is 1. The smallest absolute Gasteiger partial charge is 0.328 e. The summed E-state index contributed by atoms with van der Waals surface area (Å²) in [5.74, 6) is -1.05. The predicted octanol–water partition coefficient (Wildman–Crippen LogP) is 1.67. The molecule has 0 spiro atoms. The van der Waals surface area contributed by atoms with Crippen LogP contribution in [0.2, 0.25) is 5.28 Å². The van der Waals surface area contributed by atoms with Crippen LogP contribution in [0.4, 0.5) is 0 Å². The van der Waals surface area contributed by atoms with E-state index >= 15 is 0 Å². The summed E-state index contributed by atoms with van der Waals surface area (Å²) in [5.41, 5.74) is 1.13. The first-order valence-corrected chi connectivity index (χ1v) is 5.99. The van der Waals surface area contributed by atoms with E-state index in [4.69, 9.17) is 11.6 Å². The molecule has 0 fully saturated rings. The van der Waals surface area contributed by atoms with Crippen molar-refractivity contribution in [2.75, 3.05) is 0 Å². The van der Waals surface area contributed by atoms with Gasteiger partial charge in [-0.15, -0.1) is 5.10 Å². The molecule has 2 rings (SSSR count). The lowest BCUT2D eigenvalue weighted by Crippen LogP contribution is -2.24. The van der Waals surface area contributed by atoms with E-state index in [1.807, 2.05) is 13.8 Å². The van der Waals surface area contributed by atoms with Crippen molar-refractivity contribution in [3.8, 4) is 11.3 Å². The molecule has 2 heterocycles. The van der Waals surface area contributed by atoms with Crippen LogP contribution >= 0.6 is 11.6 Å². The number of carboxylic acid groups (broad SMARTS) is 1. The first-order valence-electron chi connectivity index (χ1n) is 5.61. The van der Waals surface area contributed by atoms with E-state index in [-0.39, 0.29) is 11.2 Å². The van der Waals surface area contributed by atoms with Crippen LogP contribution in [-0.2, 0) is 4.79 Å². The molecular formula is C11H12ClN5O2. The third-order valence-electron chi connectivity index (χ3n) is 2.60. The molecule has 1 atom stereocenters. The molecule has 7 nitrogen and oxygen atoms in total. The maximum Gasteiger partial charge on any atom is 0.328 e. The first-order chi connectivity index (χ1) is 8.99. The van der Waals surface area contributed by atoms with Gasteiger partial charge >= 0.3 is 5.97 Å². The van der Waals surface area contributed by atoms with E-state index < -0.39 is 12.0 Å². The summed E-state index contributed by atoms with van der Waals surface area (Å²) in [6.07, 6.45) is 4.58. The molecule has 0 radical (unpaired) electrons. The Morgan fingerprint density at radius 2 is 2.00 bits per heavy atom. The van der Waals surface area contributed by atoms with Crippen molar-refractivity contribution in [2.24, 2.45) is 5.92 Å². The molecule has 19 heavy (non-hydrogen) atoms. The van der Waals surface area contributed by atoms with Crippen LogP contribution in [0.3, 0.4) is 0 Å². The average Bonchev–Trinajstić information content (AvgIpc) is 2.78. The summed E-state index contributed by atoms with van der Waals surface area (Å²) in [6.45, 7) is 3.62. The molecule has 0 saturated carbocycles. The molecule has 0 aromatic carbocycles. The zero-order valence-electron chi connectivity index (χ0n) is 10.4. The van der Waals surface area contributed by atoms with Gasteiger partial charge in [-0.1, -0.05) is 19.1 Å². The number of carbonyl (C=O) groups is 1. The third kappa shape index (κ3) is 2.87. The summed E-state index contributed by atoms with van der Waals surface area (Å²) in [7, 11) is 0. The van der Waals surface area contributed by atoms with Gasteiger partial charge in [0.1, 0.15) is 5.69 Å². The van der Waals surface area contributed by atoms with E-state index in [1.165, 1.54) is 17.1 Å². The molecule has 0 saturated heterocycles. The SMILES string of the molecule is CC(C)[C@@H](C(=O)O)n1cc(-c2cnc(Cl)nc2)nn1. The van der Waals surface area contributed by atoms with Crippen molar-refractivity contribution in [3.63, 3.8) is 0 Å². The summed E-state index contributed by atoms with van der Waals surface area (Å²) < 4.78 is 1.33. The van der Waals surface area contributed by atoms with Gasteiger partial charge in [0.15, 0.2) is 6.04 Å². The second kappa shape index (κ2) is 5.31. The van der Waals surface area contributed by atoms with Crippen molar-refractivity contribution in [3.05, 3.63) is 23.9 Å². The summed E-state index contributed by atoms with van der Waals surface area (Å²) >= 11 is 5.60. The lowest BCUT2D eigenvalue weighted by molar-refractivity contribution is -0.142. The number of nitrogens with zero attached hydrogens (tertiary/aromatic N) is 5. The minimum atomic E-state index is -0.946. The molecule has 1 N–H and O–H groups in total. The number of hydrogen-bond acceptors (Lipinski definition) is 5. The molecule has 2 aromatic heterocycles. The fraction of sp³-hybridized carbons (Fsp3) is 0.364. The van der Waals surface area contributed by atoms with Gasteiger partial charge in [0.25, 0.3) is 0 Å². The van der Waals surface area contributed by atoms with Crippen LogP contribution < -0.4 is 0 Å². The van der Waals surface area contributed by atoms with Crippen LogP contribution in [-0.4, -0.2) is 36.0 Å². The summed E-state index contributed by atoms with van der Waals surface area (Å²) in [6, 6.07) is -0.755. The van der Waals surface area contributed by atoms with Crippen LogP contribution in [0.5, 0.6) is 0 Å². The zero-order chi connectivity index (χ0) is 14.0. The largest absolute Gasteiger partial charge is 0.480 e. The van der Waals surface area contributed by atoms with Crippen LogP contribution in [0.15, 0.2) is 18.6 Å². The van der Waals surface area contributed by atoms with Crippen molar-refractivity contribution in [2.45, 2.75) is 19.9 Å². The monoisotopic (exact) mass is 281 g/mol. The van der Waals surface area contributed by atoms with Gasteiger partial charge in [0.05, 0.1) is 6.20 Å². The highest BCUT2D eigenvalue weighted by Crippen LogP contribution is 2.20. The second-order valence-electron chi connectivity index (χ2n) is 4.35. The van der Waals surface area contributed by atoms with Gasteiger partial charge in [-0.05, 0) is 17.5 Å². The number of halogens is 1. The number of carboxylic acids is 1. The predicted molar refractivity (Wildman–Crippen MR) is 67.6 cm³/mol. The average molecular weight is 282 g/mol. The Hall–Kier alpha value is -2.02. The second-order valence-corrected chi connectivity index (χ2v) is 4.69. The molecule has 2 aromatic rings. The van der Waals surface area contributed by atoms with E-state index in [0.29, 0.717) is 11.3 Å². The normalized spacial score (nSPS) is 12.6. The van der Waals surface area contributed by atoms with Gasteiger partial charge in [-0.25, -0.2) is 19.4 Å². The van der Waals surface area contributed by atoms with E-state index in [1.54, 1.807) is 6.20 Å². The lowest BCUT2D eigenvalue weighted by atomic mass is 10.1. The van der Waals surface area contributed by atoms with E-state index in [0.717, 1.165) is 0 Å².